The molecule has 0 saturated carbocycles. The number of hydrogen-bond acceptors (Lipinski definition) is 4. The topological polar surface area (TPSA) is 82.5 Å². The van der Waals surface area contributed by atoms with Crippen molar-refractivity contribution in [1.82, 2.24) is 9.88 Å². The number of carbonyl (C=O) groups excluding carboxylic acids is 1. The first-order chi connectivity index (χ1) is 13.0. The van der Waals surface area contributed by atoms with Crippen molar-refractivity contribution in [3.05, 3.63) is 59.2 Å². The minimum atomic E-state index is -1.10. The van der Waals surface area contributed by atoms with E-state index < -0.39 is 5.97 Å². The van der Waals surface area contributed by atoms with Crippen LogP contribution in [0.4, 0.5) is 10.1 Å². The van der Waals surface area contributed by atoms with Gasteiger partial charge in [0.15, 0.2) is 5.69 Å². The maximum Gasteiger partial charge on any atom is 0.356 e. The predicted octanol–water partition coefficient (Wildman–Crippen LogP) is 2.93. The summed E-state index contributed by atoms with van der Waals surface area (Å²) < 4.78 is 13.0. The van der Waals surface area contributed by atoms with Gasteiger partial charge in [-0.25, -0.2) is 14.2 Å². The van der Waals surface area contributed by atoms with Crippen LogP contribution in [0.1, 0.15) is 40.9 Å². The standard InChI is InChI=1S/C20H22FN3O3/c21-16-6-4-14(5-7-16)11-15-12-17(19(20(26)27)23-13-15)22-8-2-10-24-9-1-3-18(24)25/h4-7,12-13,22H,1-3,8-11H2,(H,26,27). The molecule has 2 N–H and O–H groups in total. The Hall–Kier alpha value is -2.96. The second-order valence-corrected chi connectivity index (χ2v) is 6.61. The van der Waals surface area contributed by atoms with Crippen LogP contribution >= 0.6 is 0 Å². The van der Waals surface area contributed by atoms with E-state index in [-0.39, 0.29) is 17.4 Å². The number of likely N-dealkylation sites (tertiary alicyclic amines) is 1. The van der Waals surface area contributed by atoms with Gasteiger partial charge in [-0.05, 0) is 48.6 Å². The molecular weight excluding hydrogens is 349 g/mol. The molecule has 1 aliphatic heterocycles. The van der Waals surface area contributed by atoms with Gasteiger partial charge in [-0.1, -0.05) is 12.1 Å². The first-order valence-corrected chi connectivity index (χ1v) is 9.01. The first kappa shape index (κ1) is 18.8. The van der Waals surface area contributed by atoms with Crippen LogP contribution in [0.25, 0.3) is 0 Å². The predicted molar refractivity (Wildman–Crippen MR) is 99.3 cm³/mol. The van der Waals surface area contributed by atoms with Gasteiger partial charge in [0, 0.05) is 32.3 Å². The number of amides is 1. The molecule has 0 bridgehead atoms. The summed E-state index contributed by atoms with van der Waals surface area (Å²) in [4.78, 5) is 28.9. The Morgan fingerprint density at radius 3 is 2.70 bits per heavy atom. The molecule has 0 radical (unpaired) electrons. The minimum absolute atomic E-state index is 0.0323. The van der Waals surface area contributed by atoms with Gasteiger partial charge in [-0.15, -0.1) is 0 Å². The molecule has 1 aromatic heterocycles. The number of benzene rings is 1. The van der Waals surface area contributed by atoms with Crippen molar-refractivity contribution in [3.8, 4) is 0 Å². The van der Waals surface area contributed by atoms with Crippen LogP contribution in [0.2, 0.25) is 0 Å². The van der Waals surface area contributed by atoms with Crippen LogP contribution in [-0.2, 0) is 11.2 Å². The number of aromatic nitrogens is 1. The molecule has 1 saturated heterocycles. The monoisotopic (exact) mass is 371 g/mol. The summed E-state index contributed by atoms with van der Waals surface area (Å²) in [6.07, 6.45) is 4.31. The number of hydrogen-bond donors (Lipinski definition) is 2. The largest absolute Gasteiger partial charge is 0.476 e. The van der Waals surface area contributed by atoms with Crippen LogP contribution in [0, 0.1) is 5.82 Å². The van der Waals surface area contributed by atoms with Crippen LogP contribution < -0.4 is 5.32 Å². The minimum Gasteiger partial charge on any atom is -0.476 e. The Kier molecular flexibility index (Phi) is 6.01. The van der Waals surface area contributed by atoms with Gasteiger partial charge in [0.25, 0.3) is 0 Å². The Bertz CT molecular complexity index is 824. The fourth-order valence-electron chi connectivity index (χ4n) is 3.18. The smallest absolute Gasteiger partial charge is 0.356 e. The SMILES string of the molecule is O=C(O)c1ncc(Cc2ccc(F)cc2)cc1NCCCN1CCCC1=O. The third-order valence-corrected chi connectivity index (χ3v) is 4.56. The van der Waals surface area contributed by atoms with Gasteiger partial charge in [-0.2, -0.15) is 0 Å². The molecule has 1 fully saturated rings. The molecule has 1 amide bonds. The molecule has 0 aliphatic carbocycles. The lowest BCUT2D eigenvalue weighted by Gasteiger charge is -2.16. The van der Waals surface area contributed by atoms with Gasteiger partial charge in [0.1, 0.15) is 5.82 Å². The average molecular weight is 371 g/mol. The number of nitrogens with zero attached hydrogens (tertiary/aromatic N) is 2. The summed E-state index contributed by atoms with van der Waals surface area (Å²) in [5, 5.41) is 12.5. The van der Waals surface area contributed by atoms with Crippen LogP contribution in [0.15, 0.2) is 36.5 Å². The summed E-state index contributed by atoms with van der Waals surface area (Å²) in [7, 11) is 0. The molecule has 1 aliphatic rings. The highest BCUT2D eigenvalue weighted by atomic mass is 19.1. The molecule has 0 atom stereocenters. The number of carboxylic acid groups (broad SMARTS) is 1. The highest BCUT2D eigenvalue weighted by Gasteiger charge is 2.19. The van der Waals surface area contributed by atoms with Gasteiger partial charge in [-0.3, -0.25) is 4.79 Å². The lowest BCUT2D eigenvalue weighted by Crippen LogP contribution is -2.27. The molecule has 6 nitrogen and oxygen atoms in total. The fraction of sp³-hybridized carbons (Fsp3) is 0.350. The van der Waals surface area contributed by atoms with Gasteiger partial charge < -0.3 is 15.3 Å². The molecular formula is C20H22FN3O3. The Labute approximate surface area is 157 Å². The highest BCUT2D eigenvalue weighted by Crippen LogP contribution is 2.18. The number of halogens is 1. The first-order valence-electron chi connectivity index (χ1n) is 9.01. The fourth-order valence-corrected chi connectivity index (χ4v) is 3.18. The lowest BCUT2D eigenvalue weighted by atomic mass is 10.1. The van der Waals surface area contributed by atoms with E-state index in [1.807, 2.05) is 4.90 Å². The molecule has 2 heterocycles. The van der Waals surface area contributed by atoms with Gasteiger partial charge in [0.05, 0.1) is 5.69 Å². The molecule has 0 unspecified atom stereocenters. The van der Waals surface area contributed by atoms with Crippen molar-refractivity contribution in [2.24, 2.45) is 0 Å². The Morgan fingerprint density at radius 1 is 1.26 bits per heavy atom. The number of anilines is 1. The van der Waals surface area contributed by atoms with E-state index >= 15 is 0 Å². The number of carboxylic acids is 1. The van der Waals surface area contributed by atoms with Crippen molar-refractivity contribution >= 4 is 17.6 Å². The summed E-state index contributed by atoms with van der Waals surface area (Å²) >= 11 is 0. The lowest BCUT2D eigenvalue weighted by molar-refractivity contribution is -0.127. The third kappa shape index (κ3) is 5.03. The zero-order valence-electron chi connectivity index (χ0n) is 14.9. The van der Waals surface area contributed by atoms with Gasteiger partial charge in [0.2, 0.25) is 5.91 Å². The number of nitrogens with one attached hydrogen (secondary N) is 1. The van der Waals surface area contributed by atoms with E-state index in [2.05, 4.69) is 10.3 Å². The molecule has 27 heavy (non-hydrogen) atoms. The molecule has 142 valence electrons. The third-order valence-electron chi connectivity index (χ3n) is 4.56. The van der Waals surface area contributed by atoms with Crippen molar-refractivity contribution in [2.45, 2.75) is 25.7 Å². The number of pyridine rings is 1. The Morgan fingerprint density at radius 2 is 2.04 bits per heavy atom. The molecule has 7 heteroatoms. The number of aromatic carboxylic acids is 1. The molecule has 1 aromatic carbocycles. The van der Waals surface area contributed by atoms with Crippen molar-refractivity contribution in [3.63, 3.8) is 0 Å². The molecule has 2 aromatic rings. The number of rotatable bonds is 8. The maximum atomic E-state index is 13.0. The summed E-state index contributed by atoms with van der Waals surface area (Å²) in [6, 6.07) is 7.95. The summed E-state index contributed by atoms with van der Waals surface area (Å²) in [6.45, 7) is 2.01. The van der Waals surface area contributed by atoms with E-state index in [1.165, 1.54) is 18.3 Å². The summed E-state index contributed by atoms with van der Waals surface area (Å²) in [5.74, 6) is -1.21. The number of carbonyl (C=O) groups is 2. The van der Waals surface area contributed by atoms with Crippen LogP contribution in [0.5, 0.6) is 0 Å². The van der Waals surface area contributed by atoms with Crippen LogP contribution in [0.3, 0.4) is 0 Å². The average Bonchev–Trinajstić information content (AvgIpc) is 3.05. The zero-order chi connectivity index (χ0) is 19.2. The van der Waals surface area contributed by atoms with E-state index in [9.17, 15) is 19.1 Å². The summed E-state index contributed by atoms with van der Waals surface area (Å²) in [5.41, 5.74) is 2.17. The van der Waals surface area contributed by atoms with Crippen molar-refractivity contribution < 1.29 is 19.1 Å². The van der Waals surface area contributed by atoms with Crippen molar-refractivity contribution in [2.75, 3.05) is 25.0 Å². The second kappa shape index (κ2) is 8.62. The quantitative estimate of drug-likeness (QED) is 0.697. The molecule has 3 rings (SSSR count). The van der Waals surface area contributed by atoms with E-state index in [1.54, 1.807) is 18.2 Å². The van der Waals surface area contributed by atoms with Crippen LogP contribution in [-0.4, -0.2) is 46.5 Å². The normalized spacial score (nSPS) is 13.8. The van der Waals surface area contributed by atoms with E-state index in [0.29, 0.717) is 31.6 Å². The van der Waals surface area contributed by atoms with Crippen molar-refractivity contribution in [1.29, 1.82) is 0 Å². The Balaban J connectivity index is 1.63. The maximum absolute atomic E-state index is 13.0. The van der Waals surface area contributed by atoms with E-state index in [0.717, 1.165) is 30.5 Å². The van der Waals surface area contributed by atoms with Gasteiger partial charge >= 0.3 is 5.97 Å². The highest BCUT2D eigenvalue weighted by molar-refractivity contribution is 5.92. The van der Waals surface area contributed by atoms with E-state index in [4.69, 9.17) is 0 Å². The molecule has 0 spiro atoms. The zero-order valence-corrected chi connectivity index (χ0v) is 14.9. The second-order valence-electron chi connectivity index (χ2n) is 6.61.